The molecule has 1 aromatic rings. The second-order valence-electron chi connectivity index (χ2n) is 9.47. The zero-order valence-electron chi connectivity index (χ0n) is 18.1. The Morgan fingerprint density at radius 2 is 2.03 bits per heavy atom. The number of aryl methyl sites for hydroxylation is 1. The molecule has 2 aliphatic carbocycles. The average molecular weight is 408 g/mol. The number of rotatable bonds is 4. The Kier molecular flexibility index (Phi) is 5.37. The van der Waals surface area contributed by atoms with E-state index in [1.165, 1.54) is 20.8 Å². The van der Waals surface area contributed by atoms with Crippen molar-refractivity contribution in [2.24, 2.45) is 11.3 Å². The molecule has 1 heterocycles. The highest BCUT2D eigenvalue weighted by Crippen LogP contribution is 2.54. The van der Waals surface area contributed by atoms with Crippen LogP contribution in [0.2, 0.25) is 0 Å². The van der Waals surface area contributed by atoms with Crippen molar-refractivity contribution in [3.8, 4) is 0 Å². The van der Waals surface area contributed by atoms with Crippen LogP contribution >= 0.6 is 0 Å². The lowest BCUT2D eigenvalue weighted by molar-refractivity contribution is -0.217. The fraction of sp³-hybridized carbons (Fsp3) is 0.727. The summed E-state index contributed by atoms with van der Waals surface area (Å²) < 4.78 is 16.3. The van der Waals surface area contributed by atoms with E-state index in [9.17, 15) is 19.8 Å². The van der Waals surface area contributed by atoms with Crippen LogP contribution in [-0.2, 0) is 31.9 Å². The minimum Gasteiger partial charge on any atom is -0.469 e. The lowest BCUT2D eigenvalue weighted by atomic mass is 9.54. The Morgan fingerprint density at radius 3 is 2.66 bits per heavy atom. The Morgan fingerprint density at radius 1 is 1.38 bits per heavy atom. The van der Waals surface area contributed by atoms with Crippen LogP contribution in [0.3, 0.4) is 0 Å². The van der Waals surface area contributed by atoms with Crippen LogP contribution in [0.1, 0.15) is 64.3 Å². The van der Waals surface area contributed by atoms with E-state index < -0.39 is 35.3 Å². The molecule has 29 heavy (non-hydrogen) atoms. The van der Waals surface area contributed by atoms with Gasteiger partial charge in [0.25, 0.3) is 0 Å². The molecular weight excluding hydrogens is 376 g/mol. The topological polar surface area (TPSA) is 106 Å². The summed E-state index contributed by atoms with van der Waals surface area (Å²) in [5.74, 6) is -0.651. The summed E-state index contributed by atoms with van der Waals surface area (Å²) in [4.78, 5) is 23.9. The maximum absolute atomic E-state index is 12.7. The first-order valence-corrected chi connectivity index (χ1v) is 10.2. The van der Waals surface area contributed by atoms with Gasteiger partial charge in [-0.05, 0) is 63.5 Å². The third-order valence-corrected chi connectivity index (χ3v) is 7.14. The third kappa shape index (κ3) is 3.70. The van der Waals surface area contributed by atoms with Gasteiger partial charge < -0.3 is 24.1 Å². The van der Waals surface area contributed by atoms with Crippen molar-refractivity contribution in [2.75, 3.05) is 0 Å². The van der Waals surface area contributed by atoms with Crippen molar-refractivity contribution in [2.45, 2.75) is 90.6 Å². The predicted octanol–water partition coefficient (Wildman–Crippen LogP) is 2.47. The zero-order chi connectivity index (χ0) is 21.8. The van der Waals surface area contributed by atoms with E-state index in [-0.39, 0.29) is 11.3 Å². The Labute approximate surface area is 171 Å². The van der Waals surface area contributed by atoms with Gasteiger partial charge in [0.15, 0.2) is 5.60 Å². The number of ether oxygens (including phenoxy) is 2. The summed E-state index contributed by atoms with van der Waals surface area (Å²) >= 11 is 0. The van der Waals surface area contributed by atoms with E-state index in [1.807, 2.05) is 6.92 Å². The van der Waals surface area contributed by atoms with Crippen LogP contribution in [0.5, 0.6) is 0 Å². The van der Waals surface area contributed by atoms with Crippen molar-refractivity contribution in [1.82, 2.24) is 0 Å². The van der Waals surface area contributed by atoms with E-state index in [0.29, 0.717) is 12.8 Å². The highest BCUT2D eigenvalue weighted by Gasteiger charge is 2.57. The van der Waals surface area contributed by atoms with Crippen LogP contribution in [0.4, 0.5) is 0 Å². The lowest BCUT2D eigenvalue weighted by Crippen LogP contribution is -2.61. The van der Waals surface area contributed by atoms with Crippen molar-refractivity contribution < 1.29 is 33.7 Å². The number of esters is 2. The molecule has 1 fully saturated rings. The van der Waals surface area contributed by atoms with Crippen LogP contribution in [0.15, 0.2) is 10.7 Å². The van der Waals surface area contributed by atoms with E-state index >= 15 is 0 Å². The molecule has 162 valence electrons. The molecule has 3 unspecified atom stereocenters. The molecule has 1 aromatic heterocycles. The normalized spacial score (nSPS) is 34.3. The first-order chi connectivity index (χ1) is 13.3. The number of carbonyl (C=O) groups is 2. The standard InChI is InChI=1S/C22H32O7/c1-12-11-27-16-10-20(4)8-7-18(22(6,26)17(20)9-15(12)16)29-19(24)21(5,25)13(2)28-14(3)23/h11,13,17-18,25-26H,7-10H2,1-6H3/t13?,17?,18-,20-,21?,22+/m1/s1. The van der Waals surface area contributed by atoms with Crippen molar-refractivity contribution in [1.29, 1.82) is 0 Å². The van der Waals surface area contributed by atoms with Crippen molar-refractivity contribution in [3.63, 3.8) is 0 Å². The molecule has 7 heteroatoms. The minimum atomic E-state index is -2.01. The largest absolute Gasteiger partial charge is 0.469 e. The molecule has 0 saturated heterocycles. The van der Waals surface area contributed by atoms with Crippen molar-refractivity contribution >= 4 is 11.9 Å². The highest BCUT2D eigenvalue weighted by molar-refractivity contribution is 5.80. The van der Waals surface area contributed by atoms with E-state index in [4.69, 9.17) is 13.9 Å². The van der Waals surface area contributed by atoms with Gasteiger partial charge in [-0.2, -0.15) is 0 Å². The van der Waals surface area contributed by atoms with E-state index in [1.54, 1.807) is 13.2 Å². The van der Waals surface area contributed by atoms with Gasteiger partial charge in [-0.1, -0.05) is 6.92 Å². The van der Waals surface area contributed by atoms with Gasteiger partial charge in [0.05, 0.1) is 6.26 Å². The SMILES string of the molecule is CC(=O)OC(C)C(C)(O)C(=O)O[C@@H]1CC[C@]2(C)Cc3occ(C)c3CC2[C@]1(C)O. The van der Waals surface area contributed by atoms with E-state index in [2.05, 4.69) is 6.92 Å². The number of furan rings is 1. The zero-order valence-corrected chi connectivity index (χ0v) is 18.1. The summed E-state index contributed by atoms with van der Waals surface area (Å²) in [7, 11) is 0. The Balaban J connectivity index is 1.80. The smallest absolute Gasteiger partial charge is 0.342 e. The van der Waals surface area contributed by atoms with Gasteiger partial charge in [0.1, 0.15) is 23.6 Å². The number of carbonyl (C=O) groups excluding carboxylic acids is 2. The summed E-state index contributed by atoms with van der Waals surface area (Å²) in [6.45, 7) is 9.74. The first-order valence-electron chi connectivity index (χ1n) is 10.2. The third-order valence-electron chi connectivity index (χ3n) is 7.14. The Bertz CT molecular complexity index is 806. The summed E-state index contributed by atoms with van der Waals surface area (Å²) in [5.41, 5.74) is -1.27. The molecule has 0 aromatic carbocycles. The number of fused-ring (bicyclic) bond motifs is 2. The van der Waals surface area contributed by atoms with Crippen molar-refractivity contribution in [3.05, 3.63) is 23.2 Å². The molecule has 2 aliphatic rings. The molecular formula is C22H32O7. The fourth-order valence-corrected chi connectivity index (χ4v) is 4.99. The van der Waals surface area contributed by atoms with Gasteiger partial charge in [0.2, 0.25) is 0 Å². The fourth-order valence-electron chi connectivity index (χ4n) is 4.99. The van der Waals surface area contributed by atoms with Gasteiger partial charge in [-0.15, -0.1) is 0 Å². The van der Waals surface area contributed by atoms with Gasteiger partial charge in [0, 0.05) is 19.3 Å². The van der Waals surface area contributed by atoms with Crippen LogP contribution in [0.25, 0.3) is 0 Å². The number of hydrogen-bond donors (Lipinski definition) is 2. The predicted molar refractivity (Wildman–Crippen MR) is 104 cm³/mol. The molecule has 7 nitrogen and oxygen atoms in total. The summed E-state index contributed by atoms with van der Waals surface area (Å²) in [6.07, 6.45) is 2.53. The lowest BCUT2D eigenvalue weighted by Gasteiger charge is -2.54. The quantitative estimate of drug-likeness (QED) is 0.737. The van der Waals surface area contributed by atoms with Gasteiger partial charge in [-0.3, -0.25) is 4.79 Å². The maximum Gasteiger partial charge on any atom is 0.342 e. The summed E-state index contributed by atoms with van der Waals surface area (Å²) in [6, 6.07) is 0. The minimum absolute atomic E-state index is 0.124. The monoisotopic (exact) mass is 408 g/mol. The Hall–Kier alpha value is -1.86. The second kappa shape index (κ2) is 7.13. The van der Waals surface area contributed by atoms with Crippen LogP contribution in [0, 0.1) is 18.3 Å². The maximum atomic E-state index is 12.7. The molecule has 0 amide bonds. The highest BCUT2D eigenvalue weighted by atomic mass is 16.6. The molecule has 0 bridgehead atoms. The molecule has 0 aliphatic heterocycles. The second-order valence-corrected chi connectivity index (χ2v) is 9.47. The molecule has 0 radical (unpaired) electrons. The molecule has 3 rings (SSSR count). The average Bonchev–Trinajstić information content (AvgIpc) is 2.95. The molecule has 2 N–H and O–H groups in total. The molecule has 6 atom stereocenters. The van der Waals surface area contributed by atoms with Gasteiger partial charge in [-0.25, -0.2) is 4.79 Å². The molecule has 1 saturated carbocycles. The first kappa shape index (κ1) is 21.8. The van der Waals surface area contributed by atoms with Gasteiger partial charge >= 0.3 is 11.9 Å². The van der Waals surface area contributed by atoms with Crippen LogP contribution < -0.4 is 0 Å². The van der Waals surface area contributed by atoms with Crippen LogP contribution in [-0.4, -0.2) is 45.6 Å². The van der Waals surface area contributed by atoms with E-state index in [0.717, 1.165) is 29.7 Å². The summed E-state index contributed by atoms with van der Waals surface area (Å²) in [5, 5.41) is 22.0. The molecule has 0 spiro atoms. The number of aliphatic hydroxyl groups is 2. The number of hydrogen-bond acceptors (Lipinski definition) is 7.